The highest BCUT2D eigenvalue weighted by Gasteiger charge is 2.04. The highest BCUT2D eigenvalue weighted by atomic mass is 79.9. The maximum absolute atomic E-state index is 11.3. The van der Waals surface area contributed by atoms with Crippen molar-refractivity contribution in [3.05, 3.63) is 40.9 Å². The summed E-state index contributed by atoms with van der Waals surface area (Å²) >= 11 is 3.42. The van der Waals surface area contributed by atoms with Crippen molar-refractivity contribution >= 4 is 22.0 Å². The van der Waals surface area contributed by atoms with Gasteiger partial charge in [0.25, 0.3) is 0 Å². The normalized spacial score (nSPS) is 9.53. The van der Waals surface area contributed by atoms with Crippen molar-refractivity contribution in [2.24, 2.45) is 0 Å². The second-order valence-electron chi connectivity index (χ2n) is 3.31. The van der Waals surface area contributed by atoms with Gasteiger partial charge in [-0.05, 0) is 23.8 Å². The maximum Gasteiger partial charge on any atom is 0.315 e. The van der Waals surface area contributed by atoms with Crippen LogP contribution in [0.3, 0.4) is 0 Å². The van der Waals surface area contributed by atoms with Crippen molar-refractivity contribution in [2.75, 3.05) is 13.7 Å². The fourth-order valence-corrected chi connectivity index (χ4v) is 1.60. The quantitative estimate of drug-likeness (QED) is 0.821. The zero-order valence-electron chi connectivity index (χ0n) is 9.63. The Kier molecular flexibility index (Phi) is 5.56. The second kappa shape index (κ2) is 6.96. The monoisotopic (exact) mass is 298 g/mol. The fourth-order valence-electron chi connectivity index (χ4n) is 1.22. The number of urea groups is 1. The van der Waals surface area contributed by atoms with Crippen LogP contribution in [-0.4, -0.2) is 19.7 Å². The first-order valence-electron chi connectivity index (χ1n) is 5.12. The van der Waals surface area contributed by atoms with Gasteiger partial charge in [-0.1, -0.05) is 22.0 Å². The topological polar surface area (TPSA) is 50.4 Å². The molecule has 2 amide bonds. The molecule has 1 aromatic rings. The lowest BCUT2D eigenvalue weighted by molar-refractivity contribution is 0.241. The van der Waals surface area contributed by atoms with Crippen LogP contribution >= 0.6 is 15.9 Å². The summed E-state index contributed by atoms with van der Waals surface area (Å²) in [6.45, 7) is 4.40. The molecule has 1 rings (SSSR count). The van der Waals surface area contributed by atoms with E-state index in [9.17, 15) is 4.79 Å². The largest absolute Gasteiger partial charge is 0.497 e. The highest BCUT2D eigenvalue weighted by Crippen LogP contribution is 2.22. The summed E-state index contributed by atoms with van der Waals surface area (Å²) < 4.78 is 6.05. The molecule has 0 heterocycles. The minimum Gasteiger partial charge on any atom is -0.497 e. The van der Waals surface area contributed by atoms with Crippen molar-refractivity contribution < 1.29 is 9.53 Å². The molecular weight excluding hydrogens is 284 g/mol. The van der Waals surface area contributed by atoms with Crippen LogP contribution in [0.1, 0.15) is 5.56 Å². The Morgan fingerprint density at radius 3 is 2.94 bits per heavy atom. The number of hydrogen-bond donors (Lipinski definition) is 2. The lowest BCUT2D eigenvalue weighted by atomic mass is 10.2. The Morgan fingerprint density at radius 2 is 2.29 bits per heavy atom. The first-order valence-corrected chi connectivity index (χ1v) is 5.91. The van der Waals surface area contributed by atoms with E-state index in [0.29, 0.717) is 13.1 Å². The number of methoxy groups -OCH3 is 1. The first-order chi connectivity index (χ1) is 8.17. The molecule has 5 heteroatoms. The van der Waals surface area contributed by atoms with Gasteiger partial charge in [-0.3, -0.25) is 0 Å². The molecule has 0 saturated carbocycles. The van der Waals surface area contributed by atoms with Gasteiger partial charge in [0.05, 0.1) is 7.11 Å². The van der Waals surface area contributed by atoms with Crippen LogP contribution in [0.25, 0.3) is 0 Å². The van der Waals surface area contributed by atoms with Crippen molar-refractivity contribution in [3.63, 3.8) is 0 Å². The van der Waals surface area contributed by atoms with Gasteiger partial charge in [0.15, 0.2) is 0 Å². The van der Waals surface area contributed by atoms with Gasteiger partial charge in [-0.2, -0.15) is 0 Å². The zero-order chi connectivity index (χ0) is 12.7. The Hall–Kier alpha value is -1.49. The lowest BCUT2D eigenvalue weighted by Crippen LogP contribution is -2.35. The fraction of sp³-hybridized carbons (Fsp3) is 0.250. The predicted octanol–water partition coefficient (Wildman–Crippen LogP) is 2.44. The van der Waals surface area contributed by atoms with E-state index in [1.54, 1.807) is 13.2 Å². The maximum atomic E-state index is 11.3. The molecule has 0 atom stereocenters. The van der Waals surface area contributed by atoms with Crippen LogP contribution in [0.2, 0.25) is 0 Å². The SMILES string of the molecule is C=CCNC(=O)NCc1cc(OC)ccc1Br. The van der Waals surface area contributed by atoms with E-state index in [-0.39, 0.29) is 6.03 Å². The summed E-state index contributed by atoms with van der Waals surface area (Å²) in [5, 5.41) is 5.38. The summed E-state index contributed by atoms with van der Waals surface area (Å²) in [6.07, 6.45) is 1.63. The molecule has 2 N–H and O–H groups in total. The number of hydrogen-bond acceptors (Lipinski definition) is 2. The van der Waals surface area contributed by atoms with E-state index in [2.05, 4.69) is 33.1 Å². The molecule has 0 spiro atoms. The number of amides is 2. The van der Waals surface area contributed by atoms with Crippen LogP contribution in [-0.2, 0) is 6.54 Å². The van der Waals surface area contributed by atoms with Crippen molar-refractivity contribution in [1.29, 1.82) is 0 Å². The molecule has 0 saturated heterocycles. The van der Waals surface area contributed by atoms with E-state index in [1.165, 1.54) is 0 Å². The summed E-state index contributed by atoms with van der Waals surface area (Å²) in [7, 11) is 1.61. The average Bonchev–Trinajstić information content (AvgIpc) is 2.35. The van der Waals surface area contributed by atoms with Gasteiger partial charge in [-0.15, -0.1) is 6.58 Å². The molecule has 92 valence electrons. The van der Waals surface area contributed by atoms with Gasteiger partial charge in [-0.25, -0.2) is 4.79 Å². The third-order valence-electron chi connectivity index (χ3n) is 2.10. The molecule has 4 nitrogen and oxygen atoms in total. The standard InChI is InChI=1S/C12H15BrN2O2/c1-3-6-14-12(16)15-8-9-7-10(17-2)4-5-11(9)13/h3-5,7H,1,6,8H2,2H3,(H2,14,15,16). The molecule has 0 aliphatic carbocycles. The van der Waals surface area contributed by atoms with Crippen LogP contribution < -0.4 is 15.4 Å². The van der Waals surface area contributed by atoms with Crippen LogP contribution in [0.4, 0.5) is 4.79 Å². The van der Waals surface area contributed by atoms with Gasteiger partial charge in [0.2, 0.25) is 0 Å². The Bertz CT molecular complexity index is 407. The van der Waals surface area contributed by atoms with Crippen LogP contribution in [0.15, 0.2) is 35.3 Å². The molecule has 1 aromatic carbocycles. The number of carbonyl (C=O) groups is 1. The van der Waals surface area contributed by atoms with E-state index in [4.69, 9.17) is 4.74 Å². The second-order valence-corrected chi connectivity index (χ2v) is 4.16. The Morgan fingerprint density at radius 1 is 1.53 bits per heavy atom. The third-order valence-corrected chi connectivity index (χ3v) is 2.87. The number of rotatable bonds is 5. The zero-order valence-corrected chi connectivity index (χ0v) is 11.2. The van der Waals surface area contributed by atoms with Crippen molar-refractivity contribution in [2.45, 2.75) is 6.54 Å². The molecule has 17 heavy (non-hydrogen) atoms. The van der Waals surface area contributed by atoms with E-state index >= 15 is 0 Å². The smallest absolute Gasteiger partial charge is 0.315 e. The van der Waals surface area contributed by atoms with E-state index in [0.717, 1.165) is 15.8 Å². The molecule has 0 aliphatic rings. The Labute approximate surface area is 109 Å². The highest BCUT2D eigenvalue weighted by molar-refractivity contribution is 9.10. The molecule has 0 aliphatic heterocycles. The molecule has 0 radical (unpaired) electrons. The molecule has 0 fully saturated rings. The molecular formula is C12H15BrN2O2. The summed E-state index contributed by atoms with van der Waals surface area (Å²) in [4.78, 5) is 11.3. The number of halogens is 1. The van der Waals surface area contributed by atoms with Gasteiger partial charge >= 0.3 is 6.03 Å². The third kappa shape index (κ3) is 4.48. The summed E-state index contributed by atoms with van der Waals surface area (Å²) in [6, 6.07) is 5.39. The average molecular weight is 299 g/mol. The van der Waals surface area contributed by atoms with Crippen molar-refractivity contribution in [3.8, 4) is 5.75 Å². The first kappa shape index (κ1) is 13.6. The summed E-state index contributed by atoms with van der Waals surface area (Å²) in [5.74, 6) is 0.761. The number of benzene rings is 1. The minimum absolute atomic E-state index is 0.223. The van der Waals surface area contributed by atoms with E-state index in [1.807, 2.05) is 18.2 Å². The number of carbonyl (C=O) groups excluding carboxylic acids is 1. The number of nitrogens with one attached hydrogen (secondary N) is 2. The molecule has 0 bridgehead atoms. The molecule has 0 aromatic heterocycles. The summed E-state index contributed by atoms with van der Waals surface area (Å²) in [5.41, 5.74) is 0.957. The van der Waals surface area contributed by atoms with E-state index < -0.39 is 0 Å². The van der Waals surface area contributed by atoms with Gasteiger partial charge in [0.1, 0.15) is 5.75 Å². The lowest BCUT2D eigenvalue weighted by Gasteiger charge is -2.09. The Balaban J connectivity index is 2.56. The number of ether oxygens (including phenoxy) is 1. The minimum atomic E-state index is -0.223. The van der Waals surface area contributed by atoms with Crippen LogP contribution in [0, 0.1) is 0 Å². The predicted molar refractivity (Wildman–Crippen MR) is 71.1 cm³/mol. The van der Waals surface area contributed by atoms with Crippen LogP contribution in [0.5, 0.6) is 5.75 Å². The van der Waals surface area contributed by atoms with Gasteiger partial charge in [0, 0.05) is 17.6 Å². The molecule has 0 unspecified atom stereocenters. The van der Waals surface area contributed by atoms with Crippen molar-refractivity contribution in [1.82, 2.24) is 10.6 Å². The van der Waals surface area contributed by atoms with Gasteiger partial charge < -0.3 is 15.4 Å².